The van der Waals surface area contributed by atoms with Crippen LogP contribution in [0.3, 0.4) is 0 Å². The van der Waals surface area contributed by atoms with Crippen LogP contribution >= 0.6 is 0 Å². The van der Waals surface area contributed by atoms with E-state index in [4.69, 9.17) is 0 Å². The van der Waals surface area contributed by atoms with Gasteiger partial charge in [-0.2, -0.15) is 13.2 Å². The van der Waals surface area contributed by atoms with Gasteiger partial charge in [0.15, 0.2) is 0 Å². The van der Waals surface area contributed by atoms with Gasteiger partial charge in [-0.05, 0) is 18.9 Å². The van der Waals surface area contributed by atoms with E-state index in [0.29, 0.717) is 25.0 Å². The van der Waals surface area contributed by atoms with Crippen molar-refractivity contribution in [2.45, 2.75) is 51.7 Å². The molecule has 1 aliphatic rings. The third kappa shape index (κ3) is 5.38. The molecule has 1 aliphatic heterocycles. The summed E-state index contributed by atoms with van der Waals surface area (Å²) in [6.45, 7) is 6.10. The van der Waals surface area contributed by atoms with Gasteiger partial charge in [-0.25, -0.2) is 0 Å². The van der Waals surface area contributed by atoms with Gasteiger partial charge >= 0.3 is 6.18 Å². The molecule has 2 unspecified atom stereocenters. The van der Waals surface area contributed by atoms with E-state index < -0.39 is 19.0 Å². The van der Waals surface area contributed by atoms with Crippen LogP contribution in [0.4, 0.5) is 13.2 Å². The van der Waals surface area contributed by atoms with Gasteiger partial charge in [0.2, 0.25) is 5.91 Å². The number of rotatable bonds is 5. The van der Waals surface area contributed by atoms with Gasteiger partial charge < -0.3 is 10.2 Å². The maximum Gasteiger partial charge on any atom is 0.389 e. The topological polar surface area (TPSA) is 32.3 Å². The standard InChI is InChI=1S/C13H23F3N2O/c1-3-10-9-18(8-6-11(10)17-4-2)12(19)5-7-13(14,15)16/h10-11,17H,3-9H2,1-2H3. The van der Waals surface area contributed by atoms with Crippen molar-refractivity contribution in [2.24, 2.45) is 5.92 Å². The summed E-state index contributed by atoms with van der Waals surface area (Å²) < 4.78 is 36.3. The maximum atomic E-state index is 12.1. The third-order valence-corrected chi connectivity index (χ3v) is 3.70. The monoisotopic (exact) mass is 280 g/mol. The summed E-state index contributed by atoms with van der Waals surface area (Å²) in [6.07, 6.45) is -3.94. The molecule has 0 aromatic heterocycles. The van der Waals surface area contributed by atoms with E-state index in [1.54, 1.807) is 4.90 Å². The van der Waals surface area contributed by atoms with Crippen molar-refractivity contribution in [3.05, 3.63) is 0 Å². The predicted molar refractivity (Wildman–Crippen MR) is 67.7 cm³/mol. The Bertz CT molecular complexity index is 294. The second-order valence-electron chi connectivity index (χ2n) is 5.08. The van der Waals surface area contributed by atoms with Crippen molar-refractivity contribution < 1.29 is 18.0 Å². The predicted octanol–water partition coefficient (Wildman–Crippen LogP) is 2.57. The molecule has 1 saturated heterocycles. The molecular formula is C13H23F3N2O. The Balaban J connectivity index is 2.46. The van der Waals surface area contributed by atoms with Crippen molar-refractivity contribution in [1.82, 2.24) is 10.2 Å². The number of hydrogen-bond acceptors (Lipinski definition) is 2. The quantitative estimate of drug-likeness (QED) is 0.839. The van der Waals surface area contributed by atoms with Gasteiger partial charge in [0, 0.05) is 25.6 Å². The number of piperidine rings is 1. The molecule has 3 nitrogen and oxygen atoms in total. The van der Waals surface area contributed by atoms with Crippen LogP contribution in [0.5, 0.6) is 0 Å². The lowest BCUT2D eigenvalue weighted by Gasteiger charge is -2.38. The van der Waals surface area contributed by atoms with Crippen molar-refractivity contribution in [2.75, 3.05) is 19.6 Å². The fraction of sp³-hybridized carbons (Fsp3) is 0.923. The molecule has 0 bridgehead atoms. The SMILES string of the molecule is CCNC1CCN(C(=O)CCC(F)(F)F)CC1CC. The smallest absolute Gasteiger partial charge is 0.342 e. The molecule has 112 valence electrons. The lowest BCUT2D eigenvalue weighted by atomic mass is 9.89. The largest absolute Gasteiger partial charge is 0.389 e. The molecule has 1 rings (SSSR count). The highest BCUT2D eigenvalue weighted by Gasteiger charge is 2.32. The number of alkyl halides is 3. The van der Waals surface area contributed by atoms with Crippen LogP contribution in [0.25, 0.3) is 0 Å². The zero-order valence-electron chi connectivity index (χ0n) is 11.6. The Hall–Kier alpha value is -0.780. The highest BCUT2D eigenvalue weighted by Crippen LogP contribution is 2.24. The molecule has 0 aliphatic carbocycles. The number of carbonyl (C=O) groups is 1. The molecule has 1 N–H and O–H groups in total. The van der Waals surface area contributed by atoms with Crippen LogP contribution in [0.1, 0.15) is 39.5 Å². The normalized spacial score (nSPS) is 24.6. The van der Waals surface area contributed by atoms with Crippen LogP contribution in [-0.2, 0) is 4.79 Å². The summed E-state index contributed by atoms with van der Waals surface area (Å²) in [4.78, 5) is 13.4. The summed E-state index contributed by atoms with van der Waals surface area (Å²) in [6, 6.07) is 0.377. The van der Waals surface area contributed by atoms with Crippen LogP contribution in [0.2, 0.25) is 0 Å². The number of amides is 1. The summed E-state index contributed by atoms with van der Waals surface area (Å²) >= 11 is 0. The van der Waals surface area contributed by atoms with Gasteiger partial charge in [-0.3, -0.25) is 4.79 Å². The molecule has 19 heavy (non-hydrogen) atoms. The van der Waals surface area contributed by atoms with Gasteiger partial charge in [-0.15, -0.1) is 0 Å². The van der Waals surface area contributed by atoms with Crippen LogP contribution < -0.4 is 5.32 Å². The number of hydrogen-bond donors (Lipinski definition) is 1. The van der Waals surface area contributed by atoms with Crippen molar-refractivity contribution in [3.8, 4) is 0 Å². The van der Waals surface area contributed by atoms with Gasteiger partial charge in [0.1, 0.15) is 0 Å². The summed E-state index contributed by atoms with van der Waals surface area (Å²) in [5, 5.41) is 3.38. The average Bonchev–Trinajstić information content (AvgIpc) is 2.36. The third-order valence-electron chi connectivity index (χ3n) is 3.70. The van der Waals surface area contributed by atoms with E-state index in [-0.39, 0.29) is 5.91 Å². The van der Waals surface area contributed by atoms with Crippen molar-refractivity contribution in [1.29, 1.82) is 0 Å². The first-order valence-electron chi connectivity index (χ1n) is 6.95. The molecule has 6 heteroatoms. The summed E-state index contributed by atoms with van der Waals surface area (Å²) in [5.74, 6) is -0.0331. The minimum atomic E-state index is -4.25. The molecule has 0 aromatic rings. The van der Waals surface area contributed by atoms with Crippen LogP contribution in [-0.4, -0.2) is 42.7 Å². The first-order chi connectivity index (χ1) is 8.87. The minimum absolute atomic E-state index is 0.337. The fourth-order valence-electron chi connectivity index (χ4n) is 2.61. The lowest BCUT2D eigenvalue weighted by molar-refractivity contribution is -0.150. The first kappa shape index (κ1) is 16.3. The minimum Gasteiger partial charge on any atom is -0.342 e. The number of nitrogens with zero attached hydrogens (tertiary/aromatic N) is 1. The molecular weight excluding hydrogens is 257 g/mol. The molecule has 2 atom stereocenters. The average molecular weight is 280 g/mol. The molecule has 0 radical (unpaired) electrons. The number of nitrogens with one attached hydrogen (secondary N) is 1. The Kier molecular flexibility index (Phi) is 6.10. The Morgan fingerprint density at radius 2 is 2.05 bits per heavy atom. The van der Waals surface area contributed by atoms with Crippen LogP contribution in [0.15, 0.2) is 0 Å². The second-order valence-corrected chi connectivity index (χ2v) is 5.08. The van der Waals surface area contributed by atoms with Gasteiger partial charge in [0.05, 0.1) is 6.42 Å². The zero-order valence-corrected chi connectivity index (χ0v) is 11.6. The zero-order chi connectivity index (χ0) is 14.5. The van der Waals surface area contributed by atoms with Gasteiger partial charge in [0.25, 0.3) is 0 Å². The lowest BCUT2D eigenvalue weighted by Crippen LogP contribution is -2.50. The summed E-state index contributed by atoms with van der Waals surface area (Å²) in [5.41, 5.74) is 0. The van der Waals surface area contributed by atoms with E-state index in [0.717, 1.165) is 19.4 Å². The van der Waals surface area contributed by atoms with Crippen molar-refractivity contribution in [3.63, 3.8) is 0 Å². The molecule has 1 amide bonds. The molecule has 1 heterocycles. The van der Waals surface area contributed by atoms with E-state index in [2.05, 4.69) is 12.2 Å². The second kappa shape index (κ2) is 7.12. The van der Waals surface area contributed by atoms with Crippen LogP contribution in [0, 0.1) is 5.92 Å². The molecule has 0 aromatic carbocycles. The van der Waals surface area contributed by atoms with E-state index in [1.165, 1.54) is 0 Å². The van der Waals surface area contributed by atoms with Crippen molar-refractivity contribution >= 4 is 5.91 Å². The Labute approximate surface area is 112 Å². The first-order valence-corrected chi connectivity index (χ1v) is 6.95. The Morgan fingerprint density at radius 1 is 1.37 bits per heavy atom. The van der Waals surface area contributed by atoms with E-state index in [9.17, 15) is 18.0 Å². The highest BCUT2D eigenvalue weighted by molar-refractivity contribution is 5.76. The molecule has 1 fully saturated rings. The Morgan fingerprint density at radius 3 is 2.58 bits per heavy atom. The van der Waals surface area contributed by atoms with E-state index >= 15 is 0 Å². The number of carbonyl (C=O) groups excluding carboxylic acids is 1. The number of likely N-dealkylation sites (tertiary alicyclic amines) is 1. The summed E-state index contributed by atoms with van der Waals surface area (Å²) in [7, 11) is 0. The fourth-order valence-corrected chi connectivity index (χ4v) is 2.61. The maximum absolute atomic E-state index is 12.1. The number of halogens is 3. The highest BCUT2D eigenvalue weighted by atomic mass is 19.4. The van der Waals surface area contributed by atoms with E-state index in [1.807, 2.05) is 6.92 Å². The molecule has 0 spiro atoms. The molecule has 0 saturated carbocycles. The van der Waals surface area contributed by atoms with Gasteiger partial charge in [-0.1, -0.05) is 20.3 Å².